The topological polar surface area (TPSA) is 60.7 Å². The van der Waals surface area contributed by atoms with E-state index in [0.29, 0.717) is 18.6 Å². The van der Waals surface area contributed by atoms with Gasteiger partial charge in [-0.25, -0.2) is 4.52 Å². The molecule has 5 heteroatoms. The van der Waals surface area contributed by atoms with Crippen LogP contribution in [0.1, 0.15) is 22.8 Å². The van der Waals surface area contributed by atoms with Gasteiger partial charge in [0, 0.05) is 19.5 Å². The predicted molar refractivity (Wildman–Crippen MR) is 60.9 cm³/mol. The number of aldehydes is 1. The first-order chi connectivity index (χ1) is 8.20. The molecule has 0 radical (unpaired) electrons. The molecule has 0 spiro atoms. The molecule has 0 fully saturated rings. The van der Waals surface area contributed by atoms with Crippen LogP contribution in [0.5, 0.6) is 0 Å². The van der Waals surface area contributed by atoms with Crippen LogP contribution in [0.2, 0.25) is 0 Å². The monoisotopic (exact) mass is 232 g/mol. The Bertz CT molecular complexity index is 560. The summed E-state index contributed by atoms with van der Waals surface area (Å²) >= 11 is 0. The highest BCUT2D eigenvalue weighted by molar-refractivity contribution is 5.85. The van der Waals surface area contributed by atoms with E-state index in [1.165, 1.54) is 13.1 Å². The number of rotatable bonds is 4. The minimum absolute atomic E-state index is 0.288. The van der Waals surface area contributed by atoms with E-state index in [1.807, 2.05) is 12.1 Å². The van der Waals surface area contributed by atoms with E-state index in [9.17, 15) is 9.59 Å². The molecule has 0 atom stereocenters. The molecule has 0 unspecified atom stereocenters. The largest absolute Gasteiger partial charge is 0.466 e. The van der Waals surface area contributed by atoms with E-state index in [-0.39, 0.29) is 5.97 Å². The summed E-state index contributed by atoms with van der Waals surface area (Å²) < 4.78 is 6.50. The first-order valence-corrected chi connectivity index (χ1v) is 5.25. The number of pyridine rings is 1. The van der Waals surface area contributed by atoms with Gasteiger partial charge in [-0.15, -0.1) is 0 Å². The van der Waals surface area contributed by atoms with Gasteiger partial charge in [0.25, 0.3) is 0 Å². The standard InChI is InChI=1S/C12H12N2O3/c1-9(16)17-5-3-10-2-4-14-12(6-10)11(8-15)7-13-14/h2,4,6-8H,3,5H2,1H3. The van der Waals surface area contributed by atoms with Crippen molar-refractivity contribution in [1.29, 1.82) is 0 Å². The van der Waals surface area contributed by atoms with Gasteiger partial charge in [0.05, 0.1) is 23.9 Å². The Morgan fingerprint density at radius 2 is 2.41 bits per heavy atom. The molecule has 0 aliphatic carbocycles. The van der Waals surface area contributed by atoms with E-state index in [4.69, 9.17) is 4.74 Å². The normalized spacial score (nSPS) is 10.4. The minimum atomic E-state index is -0.288. The van der Waals surface area contributed by atoms with Crippen LogP contribution in [0.3, 0.4) is 0 Å². The maximum atomic E-state index is 10.8. The van der Waals surface area contributed by atoms with Gasteiger partial charge in [0.2, 0.25) is 0 Å². The molecule has 2 aromatic rings. The second-order valence-electron chi connectivity index (χ2n) is 3.67. The molecule has 17 heavy (non-hydrogen) atoms. The van der Waals surface area contributed by atoms with Crippen LogP contribution in [-0.2, 0) is 16.0 Å². The lowest BCUT2D eigenvalue weighted by Gasteiger charge is -2.03. The lowest BCUT2D eigenvalue weighted by Crippen LogP contribution is -2.03. The van der Waals surface area contributed by atoms with Crippen LogP contribution in [0.15, 0.2) is 24.5 Å². The van der Waals surface area contributed by atoms with Crippen LogP contribution in [0, 0.1) is 0 Å². The Morgan fingerprint density at radius 3 is 3.12 bits per heavy atom. The molecule has 2 heterocycles. The Hall–Kier alpha value is -2.17. The number of fused-ring (bicyclic) bond motifs is 1. The van der Waals surface area contributed by atoms with E-state index in [1.54, 1.807) is 10.7 Å². The number of nitrogens with zero attached hydrogens (tertiary/aromatic N) is 2. The van der Waals surface area contributed by atoms with Crippen LogP contribution < -0.4 is 0 Å². The van der Waals surface area contributed by atoms with Crippen LogP contribution in [-0.4, -0.2) is 28.5 Å². The lowest BCUT2D eigenvalue weighted by atomic mass is 10.1. The van der Waals surface area contributed by atoms with Gasteiger partial charge in [-0.2, -0.15) is 5.10 Å². The molecule has 5 nitrogen and oxygen atoms in total. The third kappa shape index (κ3) is 2.50. The highest BCUT2D eigenvalue weighted by Crippen LogP contribution is 2.11. The third-order valence-corrected chi connectivity index (χ3v) is 2.44. The Kier molecular flexibility index (Phi) is 3.18. The van der Waals surface area contributed by atoms with Gasteiger partial charge in [-0.1, -0.05) is 0 Å². The summed E-state index contributed by atoms with van der Waals surface area (Å²) in [5.74, 6) is -0.288. The fraction of sp³-hybridized carbons (Fsp3) is 0.250. The summed E-state index contributed by atoms with van der Waals surface area (Å²) in [4.78, 5) is 21.4. The fourth-order valence-corrected chi connectivity index (χ4v) is 1.60. The number of hydrogen-bond acceptors (Lipinski definition) is 4. The van der Waals surface area contributed by atoms with Crippen molar-refractivity contribution in [3.05, 3.63) is 35.7 Å². The first-order valence-electron chi connectivity index (χ1n) is 5.25. The summed E-state index contributed by atoms with van der Waals surface area (Å²) in [6.45, 7) is 1.72. The maximum absolute atomic E-state index is 10.8. The molecule has 0 aliphatic heterocycles. The number of aromatic nitrogens is 2. The maximum Gasteiger partial charge on any atom is 0.302 e. The molecule has 0 bridgehead atoms. The third-order valence-electron chi connectivity index (χ3n) is 2.44. The smallest absolute Gasteiger partial charge is 0.302 e. The molecule has 0 amide bonds. The number of carbonyl (C=O) groups is 2. The first kappa shape index (κ1) is 11.3. The molecule has 2 aromatic heterocycles. The summed E-state index contributed by atoms with van der Waals surface area (Å²) in [5.41, 5.74) is 2.32. The predicted octanol–water partition coefficient (Wildman–Crippen LogP) is 1.25. The molecule has 88 valence electrons. The molecular weight excluding hydrogens is 220 g/mol. The van der Waals surface area contributed by atoms with Gasteiger partial charge >= 0.3 is 5.97 Å². The Morgan fingerprint density at radius 1 is 1.59 bits per heavy atom. The summed E-state index contributed by atoms with van der Waals surface area (Å²) in [7, 11) is 0. The van der Waals surface area contributed by atoms with Crippen molar-refractivity contribution >= 4 is 17.8 Å². The van der Waals surface area contributed by atoms with Crippen LogP contribution in [0.4, 0.5) is 0 Å². The van der Waals surface area contributed by atoms with Crippen molar-refractivity contribution in [2.24, 2.45) is 0 Å². The number of esters is 1. The second kappa shape index (κ2) is 4.78. The van der Waals surface area contributed by atoms with Crippen molar-refractivity contribution in [1.82, 2.24) is 9.61 Å². The number of ether oxygens (including phenoxy) is 1. The van der Waals surface area contributed by atoms with Crippen LogP contribution in [0.25, 0.3) is 5.52 Å². The highest BCUT2D eigenvalue weighted by atomic mass is 16.5. The average Bonchev–Trinajstić information content (AvgIpc) is 2.70. The van der Waals surface area contributed by atoms with E-state index >= 15 is 0 Å². The van der Waals surface area contributed by atoms with Crippen molar-refractivity contribution in [3.63, 3.8) is 0 Å². The molecule has 0 aromatic carbocycles. The molecule has 0 aliphatic rings. The highest BCUT2D eigenvalue weighted by Gasteiger charge is 2.04. The molecular formula is C12H12N2O3. The second-order valence-corrected chi connectivity index (χ2v) is 3.67. The van der Waals surface area contributed by atoms with E-state index < -0.39 is 0 Å². The van der Waals surface area contributed by atoms with Gasteiger partial charge in [-0.3, -0.25) is 9.59 Å². The van der Waals surface area contributed by atoms with Crippen molar-refractivity contribution in [2.45, 2.75) is 13.3 Å². The van der Waals surface area contributed by atoms with Gasteiger partial charge in [-0.05, 0) is 17.7 Å². The van der Waals surface area contributed by atoms with Gasteiger partial charge in [0.1, 0.15) is 0 Å². The number of hydrogen-bond donors (Lipinski definition) is 0. The lowest BCUT2D eigenvalue weighted by molar-refractivity contribution is -0.140. The summed E-state index contributed by atoms with van der Waals surface area (Å²) in [6, 6.07) is 3.76. The SMILES string of the molecule is CC(=O)OCCc1ccn2ncc(C=O)c2c1. The summed E-state index contributed by atoms with van der Waals surface area (Å²) in [6.07, 6.45) is 4.71. The van der Waals surface area contributed by atoms with Crippen LogP contribution >= 0.6 is 0 Å². The zero-order valence-corrected chi connectivity index (χ0v) is 9.42. The zero-order chi connectivity index (χ0) is 12.3. The molecule has 0 saturated carbocycles. The molecule has 0 N–H and O–H groups in total. The Labute approximate surface area is 98.0 Å². The van der Waals surface area contributed by atoms with Gasteiger partial charge in [0.15, 0.2) is 6.29 Å². The molecule has 0 saturated heterocycles. The van der Waals surface area contributed by atoms with Crippen molar-refractivity contribution in [2.75, 3.05) is 6.61 Å². The average molecular weight is 232 g/mol. The zero-order valence-electron chi connectivity index (χ0n) is 9.42. The fourth-order valence-electron chi connectivity index (χ4n) is 1.60. The van der Waals surface area contributed by atoms with E-state index in [0.717, 1.165) is 17.4 Å². The van der Waals surface area contributed by atoms with Gasteiger partial charge < -0.3 is 4.74 Å². The minimum Gasteiger partial charge on any atom is -0.466 e. The summed E-state index contributed by atoms with van der Waals surface area (Å²) in [5, 5.41) is 4.04. The number of carbonyl (C=O) groups excluding carboxylic acids is 2. The van der Waals surface area contributed by atoms with Crippen molar-refractivity contribution < 1.29 is 14.3 Å². The Balaban J connectivity index is 2.18. The van der Waals surface area contributed by atoms with E-state index in [2.05, 4.69) is 5.10 Å². The van der Waals surface area contributed by atoms with Crippen molar-refractivity contribution in [3.8, 4) is 0 Å². The quantitative estimate of drug-likeness (QED) is 0.588. The molecule has 2 rings (SSSR count).